The van der Waals surface area contributed by atoms with Crippen LogP contribution in [0.3, 0.4) is 0 Å². The van der Waals surface area contributed by atoms with Crippen LogP contribution in [-0.4, -0.2) is 30.5 Å². The van der Waals surface area contributed by atoms with Crippen molar-refractivity contribution < 1.29 is 9.53 Å². The van der Waals surface area contributed by atoms with Crippen molar-refractivity contribution in [2.24, 2.45) is 0 Å². The Bertz CT molecular complexity index is 692. The summed E-state index contributed by atoms with van der Waals surface area (Å²) in [5, 5.41) is 2.91. The molecular weight excluding hydrogens is 324 g/mol. The second kappa shape index (κ2) is 9.97. The molecule has 2 aromatic rings. The first-order chi connectivity index (χ1) is 12.5. The topological polar surface area (TPSA) is 41.6 Å². The lowest BCUT2D eigenvalue weighted by atomic mass is 10.0. The van der Waals surface area contributed by atoms with Crippen LogP contribution < -0.4 is 10.1 Å². The van der Waals surface area contributed by atoms with Crippen molar-refractivity contribution in [2.75, 3.05) is 25.0 Å². The molecule has 0 bridgehead atoms. The van der Waals surface area contributed by atoms with Gasteiger partial charge in [-0.15, -0.1) is 0 Å². The number of carbonyl (C=O) groups excluding carboxylic acids is 1. The predicted octanol–water partition coefficient (Wildman–Crippen LogP) is 4.67. The van der Waals surface area contributed by atoms with Gasteiger partial charge in [-0.05, 0) is 54.4 Å². The Morgan fingerprint density at radius 2 is 1.77 bits per heavy atom. The zero-order valence-corrected chi connectivity index (χ0v) is 16.3. The molecule has 0 aliphatic rings. The van der Waals surface area contributed by atoms with E-state index < -0.39 is 0 Å². The molecule has 0 saturated carbocycles. The van der Waals surface area contributed by atoms with Gasteiger partial charge in [0.25, 0.3) is 5.91 Å². The summed E-state index contributed by atoms with van der Waals surface area (Å²) in [6, 6.07) is 15.9. The number of rotatable bonds is 9. The Balaban J connectivity index is 1.87. The number of anilines is 1. The van der Waals surface area contributed by atoms with Crippen LogP contribution >= 0.6 is 0 Å². The fraction of sp³-hybridized carbons (Fsp3) is 0.409. The van der Waals surface area contributed by atoms with Crippen molar-refractivity contribution in [1.82, 2.24) is 4.90 Å². The van der Waals surface area contributed by atoms with Crippen molar-refractivity contribution in [3.8, 4) is 5.75 Å². The van der Waals surface area contributed by atoms with Gasteiger partial charge in [0.15, 0.2) is 6.61 Å². The molecule has 0 aliphatic carbocycles. The van der Waals surface area contributed by atoms with E-state index in [2.05, 4.69) is 44.0 Å². The van der Waals surface area contributed by atoms with Crippen molar-refractivity contribution in [3.05, 3.63) is 59.7 Å². The molecular formula is C22H30N2O2. The minimum absolute atomic E-state index is 0.00129. The van der Waals surface area contributed by atoms with Crippen molar-refractivity contribution in [1.29, 1.82) is 0 Å². The zero-order valence-electron chi connectivity index (χ0n) is 16.3. The van der Waals surface area contributed by atoms with Crippen molar-refractivity contribution in [3.63, 3.8) is 0 Å². The van der Waals surface area contributed by atoms with Gasteiger partial charge in [0.05, 0.1) is 0 Å². The first-order valence-corrected chi connectivity index (χ1v) is 9.35. The normalized spacial score (nSPS) is 11.0. The first-order valence-electron chi connectivity index (χ1n) is 9.35. The van der Waals surface area contributed by atoms with E-state index >= 15 is 0 Å². The van der Waals surface area contributed by atoms with Gasteiger partial charge < -0.3 is 10.1 Å². The third kappa shape index (κ3) is 6.19. The van der Waals surface area contributed by atoms with Crippen molar-refractivity contribution in [2.45, 2.75) is 40.2 Å². The summed E-state index contributed by atoms with van der Waals surface area (Å²) in [4.78, 5) is 14.5. The van der Waals surface area contributed by atoms with Crippen molar-refractivity contribution >= 4 is 11.6 Å². The van der Waals surface area contributed by atoms with E-state index in [1.807, 2.05) is 42.5 Å². The molecule has 0 radical (unpaired) electrons. The molecule has 0 spiro atoms. The Kier molecular flexibility index (Phi) is 7.67. The molecule has 140 valence electrons. The highest BCUT2D eigenvalue weighted by atomic mass is 16.5. The van der Waals surface area contributed by atoms with Crippen LogP contribution in [0, 0.1) is 0 Å². The van der Waals surface area contributed by atoms with Gasteiger partial charge >= 0.3 is 0 Å². The van der Waals surface area contributed by atoms with Gasteiger partial charge in [-0.2, -0.15) is 0 Å². The van der Waals surface area contributed by atoms with E-state index in [9.17, 15) is 4.79 Å². The monoisotopic (exact) mass is 354 g/mol. The molecule has 0 saturated heterocycles. The summed E-state index contributed by atoms with van der Waals surface area (Å²) >= 11 is 0. The third-order valence-corrected chi connectivity index (χ3v) is 4.43. The Morgan fingerprint density at radius 3 is 2.38 bits per heavy atom. The summed E-state index contributed by atoms with van der Waals surface area (Å²) < 4.78 is 5.58. The molecule has 0 aromatic heterocycles. The first kappa shape index (κ1) is 20.0. The zero-order chi connectivity index (χ0) is 18.9. The van der Waals surface area contributed by atoms with E-state index in [0.29, 0.717) is 11.7 Å². The highest BCUT2D eigenvalue weighted by molar-refractivity contribution is 5.91. The van der Waals surface area contributed by atoms with E-state index in [4.69, 9.17) is 4.74 Å². The molecule has 0 heterocycles. The smallest absolute Gasteiger partial charge is 0.262 e. The summed E-state index contributed by atoms with van der Waals surface area (Å²) in [5.74, 6) is 1.04. The second-order valence-electron chi connectivity index (χ2n) is 6.72. The molecule has 0 fully saturated rings. The Morgan fingerprint density at radius 1 is 1.08 bits per heavy atom. The Labute approximate surface area is 157 Å². The largest absolute Gasteiger partial charge is 0.484 e. The summed E-state index contributed by atoms with van der Waals surface area (Å²) in [7, 11) is 0. The summed E-state index contributed by atoms with van der Waals surface area (Å²) in [5.41, 5.74) is 3.25. The van der Waals surface area contributed by atoms with Crippen LogP contribution in [0.1, 0.15) is 44.7 Å². The molecule has 1 amide bonds. The summed E-state index contributed by atoms with van der Waals surface area (Å²) in [6.45, 7) is 11.5. The van der Waals surface area contributed by atoms with Crippen LogP contribution in [0.25, 0.3) is 0 Å². The van der Waals surface area contributed by atoms with Gasteiger partial charge in [0, 0.05) is 12.2 Å². The lowest BCUT2D eigenvalue weighted by Crippen LogP contribution is -2.22. The number of amides is 1. The maximum Gasteiger partial charge on any atom is 0.262 e. The number of hydrogen-bond donors (Lipinski definition) is 1. The fourth-order valence-corrected chi connectivity index (χ4v) is 2.75. The number of nitrogens with zero attached hydrogens (tertiary/aromatic N) is 1. The highest BCUT2D eigenvalue weighted by Crippen LogP contribution is 2.18. The van der Waals surface area contributed by atoms with Gasteiger partial charge in [0.2, 0.25) is 0 Å². The molecule has 26 heavy (non-hydrogen) atoms. The van der Waals surface area contributed by atoms with E-state index in [0.717, 1.165) is 25.3 Å². The number of benzene rings is 2. The van der Waals surface area contributed by atoms with Crippen LogP contribution in [0.5, 0.6) is 5.75 Å². The SMILES string of the molecule is CCN(CC)Cc1cccc(NC(=O)COc2ccc(C(C)C)cc2)c1. The number of hydrogen-bond acceptors (Lipinski definition) is 3. The molecule has 1 N–H and O–H groups in total. The van der Waals surface area contributed by atoms with Gasteiger partial charge in [-0.25, -0.2) is 0 Å². The second-order valence-corrected chi connectivity index (χ2v) is 6.72. The maximum atomic E-state index is 12.2. The molecule has 4 heteroatoms. The minimum atomic E-state index is -0.155. The quantitative estimate of drug-likeness (QED) is 0.711. The molecule has 4 nitrogen and oxygen atoms in total. The molecule has 0 unspecified atom stereocenters. The lowest BCUT2D eigenvalue weighted by Gasteiger charge is -2.18. The minimum Gasteiger partial charge on any atom is -0.484 e. The van der Waals surface area contributed by atoms with E-state index in [1.54, 1.807) is 0 Å². The van der Waals surface area contributed by atoms with Gasteiger partial charge in [0.1, 0.15) is 5.75 Å². The average molecular weight is 354 g/mol. The molecule has 2 aromatic carbocycles. The number of nitrogens with one attached hydrogen (secondary N) is 1. The number of carbonyl (C=O) groups is 1. The van der Waals surface area contributed by atoms with Crippen LogP contribution in [0.4, 0.5) is 5.69 Å². The molecule has 2 rings (SSSR count). The summed E-state index contributed by atoms with van der Waals surface area (Å²) in [6.07, 6.45) is 0. The maximum absolute atomic E-state index is 12.2. The standard InChI is InChI=1S/C22H30N2O2/c1-5-24(6-2)15-18-8-7-9-20(14-18)23-22(25)16-26-21-12-10-19(11-13-21)17(3)4/h7-14,17H,5-6,15-16H2,1-4H3,(H,23,25). The van der Waals surface area contributed by atoms with Gasteiger partial charge in [-0.1, -0.05) is 52.0 Å². The number of ether oxygens (including phenoxy) is 1. The fourth-order valence-electron chi connectivity index (χ4n) is 2.75. The lowest BCUT2D eigenvalue weighted by molar-refractivity contribution is -0.118. The van der Waals surface area contributed by atoms with Gasteiger partial charge in [-0.3, -0.25) is 9.69 Å². The average Bonchev–Trinajstić information content (AvgIpc) is 2.65. The Hall–Kier alpha value is -2.33. The predicted molar refractivity (Wildman–Crippen MR) is 108 cm³/mol. The molecule has 0 atom stereocenters. The van der Waals surface area contributed by atoms with Crippen LogP contribution in [-0.2, 0) is 11.3 Å². The molecule has 0 aliphatic heterocycles. The van der Waals surface area contributed by atoms with E-state index in [1.165, 1.54) is 11.1 Å². The van der Waals surface area contributed by atoms with Crippen LogP contribution in [0.2, 0.25) is 0 Å². The van der Waals surface area contributed by atoms with E-state index in [-0.39, 0.29) is 12.5 Å². The highest BCUT2D eigenvalue weighted by Gasteiger charge is 2.07. The third-order valence-electron chi connectivity index (χ3n) is 4.43. The van der Waals surface area contributed by atoms with Crippen LogP contribution in [0.15, 0.2) is 48.5 Å².